The van der Waals surface area contributed by atoms with Gasteiger partial charge in [-0.05, 0) is 44.6 Å². The molecule has 1 atom stereocenters. The zero-order valence-electron chi connectivity index (χ0n) is 11.1. The molecule has 2 aliphatic rings. The number of esters is 1. The summed E-state index contributed by atoms with van der Waals surface area (Å²) in [5, 5.41) is 2.62. The van der Waals surface area contributed by atoms with Crippen molar-refractivity contribution in [2.24, 2.45) is 11.3 Å². The largest absolute Gasteiger partial charge is 0.462 e. The predicted octanol–water partition coefficient (Wildman–Crippen LogP) is 2.65. The van der Waals surface area contributed by atoms with Gasteiger partial charge in [-0.15, -0.1) is 0 Å². The van der Waals surface area contributed by atoms with Crippen molar-refractivity contribution in [3.63, 3.8) is 0 Å². The summed E-state index contributed by atoms with van der Waals surface area (Å²) in [4.78, 5) is 12.0. The summed E-state index contributed by atoms with van der Waals surface area (Å²) in [6, 6.07) is 0. The standard InChI is InChI=1S/C13H20F3NO2/c1-9-2-4-10(5-3-9)19-11(18)12(13(14,15)16)6-7-17-8-12/h9-10,17H,2-8H2,1H3. The topological polar surface area (TPSA) is 38.3 Å². The molecule has 1 aliphatic carbocycles. The lowest BCUT2D eigenvalue weighted by Gasteiger charge is -2.32. The minimum absolute atomic E-state index is 0.205. The summed E-state index contributed by atoms with van der Waals surface area (Å²) in [5.74, 6) is -0.524. The minimum atomic E-state index is -4.55. The van der Waals surface area contributed by atoms with Gasteiger partial charge in [-0.25, -0.2) is 0 Å². The molecule has 0 radical (unpaired) electrons. The van der Waals surface area contributed by atoms with Crippen molar-refractivity contribution in [1.29, 1.82) is 0 Å². The Balaban J connectivity index is 2.01. The van der Waals surface area contributed by atoms with Crippen LogP contribution < -0.4 is 5.32 Å². The fourth-order valence-corrected chi connectivity index (χ4v) is 2.84. The highest BCUT2D eigenvalue weighted by atomic mass is 19.4. The highest BCUT2D eigenvalue weighted by Crippen LogP contribution is 2.44. The number of ether oxygens (including phenoxy) is 1. The third kappa shape index (κ3) is 2.88. The van der Waals surface area contributed by atoms with Gasteiger partial charge in [-0.3, -0.25) is 4.79 Å². The molecule has 2 rings (SSSR count). The van der Waals surface area contributed by atoms with Crippen LogP contribution in [0.15, 0.2) is 0 Å². The molecule has 0 bridgehead atoms. The summed E-state index contributed by atoms with van der Waals surface area (Å²) in [6.45, 7) is 1.95. The Hall–Kier alpha value is -0.780. The smallest absolute Gasteiger partial charge is 0.406 e. The molecule has 1 heterocycles. The number of carbonyl (C=O) groups excluding carboxylic acids is 1. The summed E-state index contributed by atoms with van der Waals surface area (Å²) >= 11 is 0. The average molecular weight is 279 g/mol. The Kier molecular flexibility index (Phi) is 4.08. The maximum absolute atomic E-state index is 13.1. The van der Waals surface area contributed by atoms with Gasteiger partial charge in [0.15, 0.2) is 5.41 Å². The van der Waals surface area contributed by atoms with Gasteiger partial charge in [-0.1, -0.05) is 6.92 Å². The van der Waals surface area contributed by atoms with E-state index >= 15 is 0 Å². The second-order valence-electron chi connectivity index (χ2n) is 5.79. The van der Waals surface area contributed by atoms with Gasteiger partial charge in [0.1, 0.15) is 6.10 Å². The average Bonchev–Trinajstić information content (AvgIpc) is 2.82. The number of hydrogen-bond donors (Lipinski definition) is 1. The first kappa shape index (κ1) is 14.6. The summed E-state index contributed by atoms with van der Waals surface area (Å²) in [7, 11) is 0. The Bertz CT molecular complexity index is 329. The molecule has 0 aromatic heterocycles. The van der Waals surface area contributed by atoms with Crippen LogP contribution in [0.4, 0.5) is 13.2 Å². The molecular weight excluding hydrogens is 259 g/mol. The van der Waals surface area contributed by atoms with E-state index in [1.165, 1.54) is 0 Å². The van der Waals surface area contributed by atoms with Gasteiger partial charge in [0, 0.05) is 6.54 Å². The minimum Gasteiger partial charge on any atom is -0.462 e. The van der Waals surface area contributed by atoms with Crippen molar-refractivity contribution >= 4 is 5.97 Å². The molecule has 6 heteroatoms. The Morgan fingerprint density at radius 3 is 2.37 bits per heavy atom. The van der Waals surface area contributed by atoms with E-state index < -0.39 is 17.6 Å². The summed E-state index contributed by atoms with van der Waals surface area (Å²) < 4.78 is 44.6. The molecule has 1 aliphatic heterocycles. The molecular formula is C13H20F3NO2. The fourth-order valence-electron chi connectivity index (χ4n) is 2.84. The number of halogens is 3. The molecule has 0 aromatic rings. The third-order valence-corrected chi connectivity index (χ3v) is 4.33. The molecule has 19 heavy (non-hydrogen) atoms. The summed E-state index contributed by atoms with van der Waals surface area (Å²) in [5.41, 5.74) is -2.34. The molecule has 2 fully saturated rings. The van der Waals surface area contributed by atoms with Crippen LogP contribution >= 0.6 is 0 Å². The first-order valence-electron chi connectivity index (χ1n) is 6.84. The van der Waals surface area contributed by atoms with Crippen molar-refractivity contribution in [2.75, 3.05) is 13.1 Å². The molecule has 1 saturated carbocycles. The normalized spacial score (nSPS) is 36.2. The Labute approximate surface area is 110 Å². The van der Waals surface area contributed by atoms with Crippen molar-refractivity contribution in [2.45, 2.75) is 51.3 Å². The van der Waals surface area contributed by atoms with Crippen LogP contribution in [0.5, 0.6) is 0 Å². The van der Waals surface area contributed by atoms with Gasteiger partial charge >= 0.3 is 12.1 Å². The first-order valence-corrected chi connectivity index (χ1v) is 6.84. The zero-order valence-corrected chi connectivity index (χ0v) is 11.1. The van der Waals surface area contributed by atoms with Gasteiger partial charge in [0.25, 0.3) is 0 Å². The monoisotopic (exact) mass is 279 g/mol. The second-order valence-corrected chi connectivity index (χ2v) is 5.79. The number of nitrogens with one attached hydrogen (secondary N) is 1. The van der Waals surface area contributed by atoms with E-state index in [1.807, 2.05) is 0 Å². The number of carbonyl (C=O) groups is 1. The van der Waals surface area contributed by atoms with Crippen LogP contribution in [-0.2, 0) is 9.53 Å². The Morgan fingerprint density at radius 2 is 1.89 bits per heavy atom. The molecule has 0 aromatic carbocycles. The van der Waals surface area contributed by atoms with E-state index in [1.54, 1.807) is 0 Å². The molecule has 0 amide bonds. The van der Waals surface area contributed by atoms with Gasteiger partial charge in [0.2, 0.25) is 0 Å². The maximum atomic E-state index is 13.1. The van der Waals surface area contributed by atoms with Crippen LogP contribution in [0.3, 0.4) is 0 Å². The lowest BCUT2D eigenvalue weighted by molar-refractivity contribution is -0.232. The van der Waals surface area contributed by atoms with E-state index in [0.717, 1.165) is 12.8 Å². The quantitative estimate of drug-likeness (QED) is 0.790. The van der Waals surface area contributed by atoms with Gasteiger partial charge < -0.3 is 10.1 Å². The van der Waals surface area contributed by atoms with Crippen molar-refractivity contribution in [3.05, 3.63) is 0 Å². The van der Waals surface area contributed by atoms with Gasteiger partial charge in [0.05, 0.1) is 0 Å². The van der Waals surface area contributed by atoms with E-state index in [2.05, 4.69) is 12.2 Å². The maximum Gasteiger partial charge on any atom is 0.406 e. The SMILES string of the molecule is CC1CCC(OC(=O)C2(C(F)(F)F)CCNC2)CC1. The Morgan fingerprint density at radius 1 is 1.26 bits per heavy atom. The molecule has 1 N–H and O–H groups in total. The van der Waals surface area contributed by atoms with Crippen molar-refractivity contribution in [3.8, 4) is 0 Å². The van der Waals surface area contributed by atoms with Crippen LogP contribution in [0.1, 0.15) is 39.0 Å². The highest BCUT2D eigenvalue weighted by Gasteiger charge is 2.62. The number of hydrogen-bond acceptors (Lipinski definition) is 3. The second kappa shape index (κ2) is 5.31. The van der Waals surface area contributed by atoms with E-state index in [0.29, 0.717) is 18.8 Å². The fraction of sp³-hybridized carbons (Fsp3) is 0.923. The highest BCUT2D eigenvalue weighted by molar-refractivity contribution is 5.79. The van der Waals surface area contributed by atoms with E-state index in [-0.39, 0.29) is 25.6 Å². The van der Waals surface area contributed by atoms with Crippen LogP contribution in [0.25, 0.3) is 0 Å². The van der Waals surface area contributed by atoms with E-state index in [9.17, 15) is 18.0 Å². The lowest BCUT2D eigenvalue weighted by atomic mass is 9.85. The lowest BCUT2D eigenvalue weighted by Crippen LogP contribution is -2.48. The number of rotatable bonds is 2. The molecule has 1 unspecified atom stereocenters. The molecule has 0 spiro atoms. The van der Waals surface area contributed by atoms with Gasteiger partial charge in [-0.2, -0.15) is 13.2 Å². The predicted molar refractivity (Wildman–Crippen MR) is 63.5 cm³/mol. The van der Waals surface area contributed by atoms with E-state index in [4.69, 9.17) is 4.74 Å². The third-order valence-electron chi connectivity index (χ3n) is 4.33. The van der Waals surface area contributed by atoms with Crippen molar-refractivity contribution in [1.82, 2.24) is 5.32 Å². The molecule has 1 saturated heterocycles. The van der Waals surface area contributed by atoms with Crippen molar-refractivity contribution < 1.29 is 22.7 Å². The first-order chi connectivity index (χ1) is 8.85. The summed E-state index contributed by atoms with van der Waals surface area (Å²) in [6.07, 6.45) is -1.94. The number of alkyl halides is 3. The zero-order chi connectivity index (χ0) is 14.1. The molecule has 3 nitrogen and oxygen atoms in total. The van der Waals surface area contributed by atoms with Crippen LogP contribution in [0, 0.1) is 11.3 Å². The van der Waals surface area contributed by atoms with Crippen LogP contribution in [-0.4, -0.2) is 31.3 Å². The van der Waals surface area contributed by atoms with Crippen LogP contribution in [0.2, 0.25) is 0 Å². The molecule has 110 valence electrons.